The van der Waals surface area contributed by atoms with Gasteiger partial charge >= 0.3 is 0 Å². The maximum absolute atomic E-state index is 13.7. The van der Waals surface area contributed by atoms with Crippen LogP contribution in [0.1, 0.15) is 10.4 Å². The van der Waals surface area contributed by atoms with Crippen LogP contribution in [0.15, 0.2) is 51.8 Å². The molecule has 0 aliphatic heterocycles. The van der Waals surface area contributed by atoms with Gasteiger partial charge < -0.3 is 5.32 Å². The van der Waals surface area contributed by atoms with Gasteiger partial charge in [0.2, 0.25) is 10.0 Å². The van der Waals surface area contributed by atoms with Crippen LogP contribution in [-0.4, -0.2) is 14.3 Å². The van der Waals surface area contributed by atoms with E-state index < -0.39 is 21.7 Å². The van der Waals surface area contributed by atoms with Gasteiger partial charge in [-0.2, -0.15) is 0 Å². The van der Waals surface area contributed by atoms with Gasteiger partial charge in [-0.25, -0.2) is 17.9 Å². The molecule has 0 unspecified atom stereocenters. The molecular formula is C13H10BrFN2O3S. The summed E-state index contributed by atoms with van der Waals surface area (Å²) in [4.78, 5) is 11.8. The Morgan fingerprint density at radius 3 is 2.48 bits per heavy atom. The Labute approximate surface area is 129 Å². The molecular weight excluding hydrogens is 363 g/mol. The van der Waals surface area contributed by atoms with Crippen molar-refractivity contribution in [2.45, 2.75) is 4.90 Å². The predicted octanol–water partition coefficient (Wildman–Crippen LogP) is 2.49. The highest BCUT2D eigenvalue weighted by molar-refractivity contribution is 9.10. The topological polar surface area (TPSA) is 89.3 Å². The van der Waals surface area contributed by atoms with Crippen LogP contribution in [-0.2, 0) is 10.0 Å². The number of sulfonamides is 1. The fourth-order valence-electron chi connectivity index (χ4n) is 1.61. The lowest BCUT2D eigenvalue weighted by Gasteiger charge is -2.09. The standard InChI is InChI=1S/C13H10BrFN2O3S/c14-10-4-2-1-3-9(10)13(18)17-12-7-8(21(16,19)20)5-6-11(12)15/h1-7H,(H,17,18)(H2,16,19,20). The maximum Gasteiger partial charge on any atom is 0.256 e. The van der Waals surface area contributed by atoms with Crippen molar-refractivity contribution < 1.29 is 17.6 Å². The monoisotopic (exact) mass is 372 g/mol. The highest BCUT2D eigenvalue weighted by atomic mass is 79.9. The van der Waals surface area contributed by atoms with Crippen LogP contribution in [0.2, 0.25) is 0 Å². The normalized spacial score (nSPS) is 11.2. The van der Waals surface area contributed by atoms with Gasteiger partial charge in [-0.1, -0.05) is 12.1 Å². The van der Waals surface area contributed by atoms with Crippen LogP contribution in [0.3, 0.4) is 0 Å². The van der Waals surface area contributed by atoms with Crippen molar-refractivity contribution in [2.75, 3.05) is 5.32 Å². The summed E-state index contributed by atoms with van der Waals surface area (Å²) in [6.45, 7) is 0. The quantitative estimate of drug-likeness (QED) is 0.866. The smallest absolute Gasteiger partial charge is 0.256 e. The fourth-order valence-corrected chi connectivity index (χ4v) is 2.62. The number of benzene rings is 2. The molecule has 3 N–H and O–H groups in total. The molecule has 2 aromatic carbocycles. The summed E-state index contributed by atoms with van der Waals surface area (Å²) in [6, 6.07) is 9.50. The zero-order chi connectivity index (χ0) is 15.6. The third kappa shape index (κ3) is 3.66. The fraction of sp³-hybridized carbons (Fsp3) is 0. The van der Waals surface area contributed by atoms with Crippen LogP contribution in [0.25, 0.3) is 0 Å². The summed E-state index contributed by atoms with van der Waals surface area (Å²) < 4.78 is 36.7. The average molecular weight is 373 g/mol. The first-order chi connectivity index (χ1) is 9.79. The van der Waals surface area contributed by atoms with E-state index in [1.165, 1.54) is 0 Å². The first-order valence-corrected chi connectivity index (χ1v) is 8.01. The molecule has 2 rings (SSSR count). The van der Waals surface area contributed by atoms with Crippen molar-refractivity contribution in [3.8, 4) is 0 Å². The number of carbonyl (C=O) groups is 1. The highest BCUT2D eigenvalue weighted by Crippen LogP contribution is 2.21. The van der Waals surface area contributed by atoms with Gasteiger partial charge in [-0.05, 0) is 46.3 Å². The van der Waals surface area contributed by atoms with E-state index in [2.05, 4.69) is 21.2 Å². The third-order valence-corrected chi connectivity index (χ3v) is 4.24. The predicted molar refractivity (Wildman–Crippen MR) is 79.9 cm³/mol. The second kappa shape index (κ2) is 5.92. The summed E-state index contributed by atoms with van der Waals surface area (Å²) >= 11 is 3.20. The van der Waals surface area contributed by atoms with Gasteiger partial charge in [-0.3, -0.25) is 4.79 Å². The van der Waals surface area contributed by atoms with E-state index in [4.69, 9.17) is 5.14 Å². The summed E-state index contributed by atoms with van der Waals surface area (Å²) in [7, 11) is -3.98. The van der Waals surface area contributed by atoms with Crippen molar-refractivity contribution >= 4 is 37.5 Å². The maximum atomic E-state index is 13.7. The van der Waals surface area contributed by atoms with E-state index in [9.17, 15) is 17.6 Å². The van der Waals surface area contributed by atoms with Crippen molar-refractivity contribution in [2.24, 2.45) is 5.14 Å². The van der Waals surface area contributed by atoms with Gasteiger partial charge in [0.25, 0.3) is 5.91 Å². The van der Waals surface area contributed by atoms with Gasteiger partial charge in [0.05, 0.1) is 16.1 Å². The van der Waals surface area contributed by atoms with E-state index >= 15 is 0 Å². The van der Waals surface area contributed by atoms with Crippen LogP contribution >= 0.6 is 15.9 Å². The SMILES string of the molecule is NS(=O)(=O)c1ccc(F)c(NC(=O)c2ccccc2Br)c1. The molecule has 0 aliphatic rings. The molecule has 0 heterocycles. The molecule has 8 heteroatoms. The number of primary sulfonamides is 1. The second-order valence-electron chi connectivity index (χ2n) is 4.12. The van der Waals surface area contributed by atoms with Crippen LogP contribution in [0.4, 0.5) is 10.1 Å². The molecule has 0 fully saturated rings. The molecule has 5 nitrogen and oxygen atoms in total. The number of nitrogens with one attached hydrogen (secondary N) is 1. The minimum Gasteiger partial charge on any atom is -0.319 e. The molecule has 2 aromatic rings. The van der Waals surface area contributed by atoms with Crippen molar-refractivity contribution in [3.05, 3.63) is 58.3 Å². The molecule has 0 radical (unpaired) electrons. The Kier molecular flexibility index (Phi) is 4.40. The van der Waals surface area contributed by atoms with E-state index in [0.717, 1.165) is 18.2 Å². The van der Waals surface area contributed by atoms with E-state index in [0.29, 0.717) is 4.47 Å². The number of rotatable bonds is 3. The Morgan fingerprint density at radius 2 is 1.86 bits per heavy atom. The summed E-state index contributed by atoms with van der Waals surface area (Å²) in [5.74, 6) is -1.34. The zero-order valence-electron chi connectivity index (χ0n) is 10.5. The Bertz CT molecular complexity index is 809. The van der Waals surface area contributed by atoms with Crippen LogP contribution in [0, 0.1) is 5.82 Å². The van der Waals surface area contributed by atoms with Crippen molar-refractivity contribution in [3.63, 3.8) is 0 Å². The first-order valence-electron chi connectivity index (χ1n) is 5.67. The highest BCUT2D eigenvalue weighted by Gasteiger charge is 2.15. The zero-order valence-corrected chi connectivity index (χ0v) is 12.9. The number of nitrogens with two attached hydrogens (primary N) is 1. The second-order valence-corrected chi connectivity index (χ2v) is 6.54. The molecule has 0 saturated heterocycles. The van der Waals surface area contributed by atoms with Gasteiger partial charge in [-0.15, -0.1) is 0 Å². The molecule has 0 aromatic heterocycles. The Hall–Kier alpha value is -1.77. The lowest BCUT2D eigenvalue weighted by atomic mass is 10.2. The van der Waals surface area contributed by atoms with E-state index in [-0.39, 0.29) is 16.1 Å². The summed E-state index contributed by atoms with van der Waals surface area (Å²) in [5.41, 5.74) is 0.0280. The van der Waals surface area contributed by atoms with E-state index in [1.807, 2.05) is 0 Å². The van der Waals surface area contributed by atoms with Crippen molar-refractivity contribution in [1.82, 2.24) is 0 Å². The molecule has 0 bridgehead atoms. The number of hydrogen-bond acceptors (Lipinski definition) is 3. The van der Waals surface area contributed by atoms with Crippen molar-refractivity contribution in [1.29, 1.82) is 0 Å². The molecule has 0 atom stereocenters. The molecule has 110 valence electrons. The minimum absolute atomic E-state index is 0.262. The van der Waals surface area contributed by atoms with Crippen LogP contribution in [0.5, 0.6) is 0 Å². The molecule has 21 heavy (non-hydrogen) atoms. The lowest BCUT2D eigenvalue weighted by Crippen LogP contribution is -2.16. The Balaban J connectivity index is 2.36. The Morgan fingerprint density at radius 1 is 1.19 bits per heavy atom. The molecule has 1 amide bonds. The number of carbonyl (C=O) groups excluding carboxylic acids is 1. The third-order valence-electron chi connectivity index (χ3n) is 2.63. The first kappa shape index (κ1) is 15.6. The summed E-state index contributed by atoms with van der Waals surface area (Å²) in [6.07, 6.45) is 0. The number of halogens is 2. The molecule has 0 saturated carbocycles. The molecule has 0 aliphatic carbocycles. The number of hydrogen-bond donors (Lipinski definition) is 2. The van der Waals surface area contributed by atoms with Gasteiger partial charge in [0, 0.05) is 4.47 Å². The largest absolute Gasteiger partial charge is 0.319 e. The van der Waals surface area contributed by atoms with Crippen LogP contribution < -0.4 is 10.5 Å². The average Bonchev–Trinajstić information content (AvgIpc) is 2.40. The van der Waals surface area contributed by atoms with Gasteiger partial charge in [0.1, 0.15) is 5.82 Å². The van der Waals surface area contributed by atoms with E-state index in [1.54, 1.807) is 24.3 Å². The number of anilines is 1. The van der Waals surface area contributed by atoms with Gasteiger partial charge in [0.15, 0.2) is 0 Å². The molecule has 0 spiro atoms. The summed E-state index contributed by atoms with van der Waals surface area (Å²) in [5, 5.41) is 7.29. The number of amides is 1. The minimum atomic E-state index is -3.98. The lowest BCUT2D eigenvalue weighted by molar-refractivity contribution is 0.102.